The van der Waals surface area contributed by atoms with Gasteiger partial charge in [-0.1, -0.05) is 51.9 Å². The highest BCUT2D eigenvalue weighted by molar-refractivity contribution is 14.1. The Kier molecular flexibility index (Phi) is 11.8. The van der Waals surface area contributed by atoms with Crippen LogP contribution in [0.5, 0.6) is 0 Å². The first-order chi connectivity index (χ1) is 11.2. The third-order valence-corrected chi connectivity index (χ3v) is 5.10. The second kappa shape index (κ2) is 13.1. The molecule has 4 heteroatoms. The van der Waals surface area contributed by atoms with Crippen molar-refractivity contribution in [2.24, 2.45) is 0 Å². The zero-order valence-electron chi connectivity index (χ0n) is 14.7. The predicted molar refractivity (Wildman–Crippen MR) is 104 cm³/mol. The van der Waals surface area contributed by atoms with E-state index in [0.717, 1.165) is 30.5 Å². The van der Waals surface area contributed by atoms with E-state index in [2.05, 4.69) is 39.4 Å². The predicted octanol–water partition coefficient (Wildman–Crippen LogP) is 4.68. The van der Waals surface area contributed by atoms with Gasteiger partial charge in [0.05, 0.1) is 19.7 Å². The standard InChI is InChI=1S/C19H33INO2/c1-2-3-4-5-6-7-8-11-17-23-19(22)18-21(16-12-13-20)14-9-10-15-21/h2-11,14-18H2,1H3/q+1. The molecule has 0 aromatic heterocycles. The number of quaternary nitrogens is 1. The average Bonchev–Trinajstić information content (AvgIpc) is 3.00. The molecule has 0 radical (unpaired) electrons. The van der Waals surface area contributed by atoms with Crippen LogP contribution in [0.3, 0.4) is 0 Å². The van der Waals surface area contributed by atoms with Crippen LogP contribution in [0.15, 0.2) is 0 Å². The Hall–Kier alpha value is -0.280. The van der Waals surface area contributed by atoms with E-state index >= 15 is 0 Å². The van der Waals surface area contributed by atoms with E-state index in [1.54, 1.807) is 0 Å². The zero-order chi connectivity index (χ0) is 16.8. The fraction of sp³-hybridized carbons (Fsp3) is 0.842. The number of nitrogens with zero attached hydrogens (tertiary/aromatic N) is 1. The molecule has 0 N–H and O–H groups in total. The maximum Gasteiger partial charge on any atom is 0.361 e. The summed E-state index contributed by atoms with van der Waals surface area (Å²) in [5.41, 5.74) is 0. The largest absolute Gasteiger partial charge is 0.462 e. The minimum Gasteiger partial charge on any atom is -0.462 e. The Morgan fingerprint density at radius 3 is 2.26 bits per heavy atom. The van der Waals surface area contributed by atoms with Gasteiger partial charge in [-0.15, -0.1) is 0 Å². The van der Waals surface area contributed by atoms with Crippen LogP contribution in [0.2, 0.25) is 0 Å². The summed E-state index contributed by atoms with van der Waals surface area (Å²) in [5, 5.41) is 0. The minimum atomic E-state index is -0.0369. The molecular formula is C19H33INO2+. The second-order valence-corrected chi connectivity index (χ2v) is 7.32. The molecule has 1 fully saturated rings. The number of ether oxygens (including phenoxy) is 1. The molecule has 0 amide bonds. The van der Waals surface area contributed by atoms with Gasteiger partial charge in [0.15, 0.2) is 6.54 Å². The van der Waals surface area contributed by atoms with Gasteiger partial charge < -0.3 is 9.22 Å². The lowest BCUT2D eigenvalue weighted by atomic mass is 10.1. The van der Waals surface area contributed by atoms with Crippen molar-refractivity contribution >= 4 is 28.6 Å². The van der Waals surface area contributed by atoms with Gasteiger partial charge in [0.2, 0.25) is 0 Å². The SMILES string of the molecule is CCCCCCCCCCOC(=O)C[N+]1(CC#CI)CCCC1. The van der Waals surface area contributed by atoms with Crippen LogP contribution in [-0.4, -0.2) is 43.2 Å². The quantitative estimate of drug-likeness (QED) is 0.147. The van der Waals surface area contributed by atoms with Gasteiger partial charge >= 0.3 is 5.97 Å². The maximum atomic E-state index is 12.1. The van der Waals surface area contributed by atoms with Crippen molar-refractivity contribution in [2.45, 2.75) is 71.1 Å². The zero-order valence-corrected chi connectivity index (χ0v) is 16.9. The Labute approximate surface area is 156 Å². The summed E-state index contributed by atoms with van der Waals surface area (Å²) < 4.78 is 9.19. The Bertz CT molecular complexity index is 381. The maximum absolute atomic E-state index is 12.1. The second-order valence-electron chi connectivity index (χ2n) is 6.78. The molecule has 23 heavy (non-hydrogen) atoms. The van der Waals surface area contributed by atoms with Crippen molar-refractivity contribution in [3.8, 4) is 9.85 Å². The number of carbonyl (C=O) groups is 1. The Balaban J connectivity index is 2.07. The first-order valence-corrected chi connectivity index (χ1v) is 10.4. The number of carbonyl (C=O) groups excluding carboxylic acids is 1. The van der Waals surface area contributed by atoms with Gasteiger partial charge in [0.25, 0.3) is 0 Å². The number of rotatable bonds is 12. The molecule has 0 atom stereocenters. The minimum absolute atomic E-state index is 0.0369. The highest BCUT2D eigenvalue weighted by Crippen LogP contribution is 2.19. The van der Waals surface area contributed by atoms with Gasteiger partial charge in [0, 0.05) is 35.4 Å². The molecule has 3 nitrogen and oxygen atoms in total. The molecule has 0 aromatic rings. The molecule has 0 saturated carbocycles. The number of unbranched alkanes of at least 4 members (excludes halogenated alkanes) is 7. The van der Waals surface area contributed by atoms with Crippen LogP contribution in [0.25, 0.3) is 0 Å². The molecule has 1 heterocycles. The van der Waals surface area contributed by atoms with Crippen molar-refractivity contribution in [3.05, 3.63) is 0 Å². The Morgan fingerprint density at radius 2 is 1.65 bits per heavy atom. The molecule has 0 bridgehead atoms. The van der Waals surface area contributed by atoms with Crippen molar-refractivity contribution in [2.75, 3.05) is 32.8 Å². The van der Waals surface area contributed by atoms with Gasteiger partial charge in [-0.2, -0.15) is 0 Å². The number of hydrogen-bond acceptors (Lipinski definition) is 2. The lowest BCUT2D eigenvalue weighted by molar-refractivity contribution is -0.902. The van der Waals surface area contributed by atoms with Crippen LogP contribution in [-0.2, 0) is 9.53 Å². The summed E-state index contributed by atoms with van der Waals surface area (Å²) in [6.07, 6.45) is 12.6. The van der Waals surface area contributed by atoms with E-state index in [1.807, 2.05) is 0 Å². The summed E-state index contributed by atoms with van der Waals surface area (Å²) in [4.78, 5) is 12.1. The summed E-state index contributed by atoms with van der Waals surface area (Å²) in [5.74, 6) is 3.11. The molecule has 1 rings (SSSR count). The van der Waals surface area contributed by atoms with Crippen LogP contribution >= 0.6 is 22.6 Å². The first-order valence-electron chi connectivity index (χ1n) is 9.32. The van der Waals surface area contributed by atoms with E-state index in [-0.39, 0.29) is 5.97 Å². The third-order valence-electron chi connectivity index (χ3n) is 4.72. The van der Waals surface area contributed by atoms with Crippen LogP contribution in [0.1, 0.15) is 71.1 Å². The molecule has 0 aromatic carbocycles. The summed E-state index contributed by atoms with van der Waals surface area (Å²) in [6.45, 7) is 6.26. The number of hydrogen-bond donors (Lipinski definition) is 0. The number of halogens is 1. The van der Waals surface area contributed by atoms with E-state index in [9.17, 15) is 4.79 Å². The smallest absolute Gasteiger partial charge is 0.361 e. The van der Waals surface area contributed by atoms with Crippen molar-refractivity contribution in [1.82, 2.24) is 0 Å². The molecule has 1 saturated heterocycles. The monoisotopic (exact) mass is 434 g/mol. The molecule has 0 spiro atoms. The topological polar surface area (TPSA) is 26.3 Å². The summed E-state index contributed by atoms with van der Waals surface area (Å²) >= 11 is 2.07. The van der Waals surface area contributed by atoms with Gasteiger partial charge in [-0.05, 0) is 16.3 Å². The summed E-state index contributed by atoms with van der Waals surface area (Å²) in [6, 6.07) is 0. The highest BCUT2D eigenvalue weighted by atomic mass is 127. The molecule has 0 aliphatic carbocycles. The lowest BCUT2D eigenvalue weighted by Crippen LogP contribution is -2.49. The third kappa shape index (κ3) is 9.56. The van der Waals surface area contributed by atoms with Gasteiger partial charge in [-0.25, -0.2) is 4.79 Å². The van der Waals surface area contributed by atoms with E-state index in [4.69, 9.17) is 4.74 Å². The molecule has 132 valence electrons. The fourth-order valence-corrected chi connectivity index (χ4v) is 3.49. The Morgan fingerprint density at radius 1 is 1.04 bits per heavy atom. The van der Waals surface area contributed by atoms with Crippen LogP contribution in [0.4, 0.5) is 0 Å². The fourth-order valence-electron chi connectivity index (χ4n) is 3.32. The van der Waals surface area contributed by atoms with E-state index < -0.39 is 0 Å². The van der Waals surface area contributed by atoms with E-state index in [1.165, 1.54) is 57.8 Å². The molecule has 1 aliphatic heterocycles. The number of likely N-dealkylation sites (tertiary alicyclic amines) is 1. The van der Waals surface area contributed by atoms with Crippen molar-refractivity contribution < 1.29 is 14.0 Å². The lowest BCUT2D eigenvalue weighted by Gasteiger charge is -2.30. The normalized spacial score (nSPS) is 15.9. The average molecular weight is 434 g/mol. The van der Waals surface area contributed by atoms with Crippen molar-refractivity contribution in [3.63, 3.8) is 0 Å². The summed E-state index contributed by atoms with van der Waals surface area (Å²) in [7, 11) is 0. The van der Waals surface area contributed by atoms with Crippen LogP contribution in [0, 0.1) is 9.85 Å². The van der Waals surface area contributed by atoms with E-state index in [0.29, 0.717) is 13.2 Å². The highest BCUT2D eigenvalue weighted by Gasteiger charge is 2.34. The van der Waals surface area contributed by atoms with Crippen LogP contribution < -0.4 is 0 Å². The molecule has 0 unspecified atom stereocenters. The van der Waals surface area contributed by atoms with Gasteiger partial charge in [-0.3, -0.25) is 0 Å². The molecule has 1 aliphatic rings. The first kappa shape index (κ1) is 20.8. The van der Waals surface area contributed by atoms with Crippen molar-refractivity contribution in [1.29, 1.82) is 0 Å². The molecular weight excluding hydrogens is 401 g/mol. The van der Waals surface area contributed by atoms with Gasteiger partial charge in [0.1, 0.15) is 6.54 Å². The number of esters is 1.